The number of aromatic amines is 1. The molecule has 4 nitrogen and oxygen atoms in total. The summed E-state index contributed by atoms with van der Waals surface area (Å²) in [4.78, 5) is 14.3. The van der Waals surface area contributed by atoms with Gasteiger partial charge in [0.2, 0.25) is 0 Å². The zero-order chi connectivity index (χ0) is 14.8. The summed E-state index contributed by atoms with van der Waals surface area (Å²) >= 11 is 5.97. The van der Waals surface area contributed by atoms with E-state index in [9.17, 15) is 4.79 Å². The number of nitrogens with one attached hydrogen (secondary N) is 1. The van der Waals surface area contributed by atoms with Gasteiger partial charge in [0.1, 0.15) is 0 Å². The van der Waals surface area contributed by atoms with Crippen LogP contribution in [0.3, 0.4) is 0 Å². The van der Waals surface area contributed by atoms with Crippen molar-refractivity contribution in [1.82, 2.24) is 15.1 Å². The van der Waals surface area contributed by atoms with E-state index in [1.54, 1.807) is 24.2 Å². The Morgan fingerprint density at radius 2 is 2.10 bits per heavy atom. The Morgan fingerprint density at radius 3 is 2.90 bits per heavy atom. The van der Waals surface area contributed by atoms with Gasteiger partial charge in [0, 0.05) is 24.0 Å². The minimum Gasteiger partial charge on any atom is -0.337 e. The van der Waals surface area contributed by atoms with Crippen molar-refractivity contribution in [2.75, 3.05) is 7.05 Å². The molecule has 0 aliphatic rings. The summed E-state index contributed by atoms with van der Waals surface area (Å²) in [5.74, 6) is -0.0511. The van der Waals surface area contributed by atoms with E-state index < -0.39 is 0 Å². The standard InChI is InChI=1S/C16H14ClN3O/c1-20(10-11-4-2-6-13(17)8-11)16(21)14-7-3-5-12-9-18-19-15(12)14/h2-9H,10H2,1H3,(H,18,19). The molecule has 0 bridgehead atoms. The fraction of sp³-hybridized carbons (Fsp3) is 0.125. The zero-order valence-corrected chi connectivity index (χ0v) is 12.3. The van der Waals surface area contributed by atoms with Crippen molar-refractivity contribution in [1.29, 1.82) is 0 Å². The molecule has 0 saturated heterocycles. The van der Waals surface area contributed by atoms with Gasteiger partial charge in [0.05, 0.1) is 17.3 Å². The second-order valence-corrected chi connectivity index (χ2v) is 5.37. The number of hydrogen-bond donors (Lipinski definition) is 1. The smallest absolute Gasteiger partial charge is 0.256 e. The van der Waals surface area contributed by atoms with Crippen LogP contribution in [-0.2, 0) is 6.54 Å². The number of nitrogens with zero attached hydrogens (tertiary/aromatic N) is 2. The molecule has 2 aromatic carbocycles. The van der Waals surface area contributed by atoms with Crippen LogP contribution in [0.25, 0.3) is 10.9 Å². The van der Waals surface area contributed by atoms with Crippen LogP contribution in [0.4, 0.5) is 0 Å². The maximum Gasteiger partial charge on any atom is 0.256 e. The summed E-state index contributed by atoms with van der Waals surface area (Å²) in [5.41, 5.74) is 2.38. The van der Waals surface area contributed by atoms with E-state index in [1.807, 2.05) is 36.4 Å². The number of amides is 1. The van der Waals surface area contributed by atoms with E-state index in [0.29, 0.717) is 17.1 Å². The number of benzene rings is 2. The van der Waals surface area contributed by atoms with Crippen LogP contribution in [0.5, 0.6) is 0 Å². The molecule has 1 amide bonds. The first-order valence-corrected chi connectivity index (χ1v) is 6.95. The van der Waals surface area contributed by atoms with Gasteiger partial charge in [-0.25, -0.2) is 0 Å². The van der Waals surface area contributed by atoms with Crippen molar-refractivity contribution in [3.8, 4) is 0 Å². The number of fused-ring (bicyclic) bond motifs is 1. The summed E-state index contributed by atoms with van der Waals surface area (Å²) in [6, 6.07) is 13.1. The number of para-hydroxylation sites is 1. The summed E-state index contributed by atoms with van der Waals surface area (Å²) in [6.07, 6.45) is 1.71. The third-order valence-corrected chi connectivity index (χ3v) is 3.60. The number of aromatic nitrogens is 2. The van der Waals surface area contributed by atoms with Gasteiger partial charge in [0.25, 0.3) is 5.91 Å². The Hall–Kier alpha value is -2.33. The molecule has 5 heteroatoms. The molecule has 1 N–H and O–H groups in total. The largest absolute Gasteiger partial charge is 0.337 e. The molecule has 1 heterocycles. The first-order chi connectivity index (χ1) is 10.1. The maximum atomic E-state index is 12.6. The van der Waals surface area contributed by atoms with Crippen LogP contribution in [0, 0.1) is 0 Å². The highest BCUT2D eigenvalue weighted by Crippen LogP contribution is 2.18. The molecular weight excluding hydrogens is 286 g/mol. The van der Waals surface area contributed by atoms with Gasteiger partial charge in [-0.1, -0.05) is 35.9 Å². The Balaban J connectivity index is 1.86. The second-order valence-electron chi connectivity index (χ2n) is 4.93. The summed E-state index contributed by atoms with van der Waals surface area (Å²) in [5, 5.41) is 8.46. The maximum absolute atomic E-state index is 12.6. The van der Waals surface area contributed by atoms with Crippen LogP contribution in [-0.4, -0.2) is 28.1 Å². The summed E-state index contributed by atoms with van der Waals surface area (Å²) in [7, 11) is 1.78. The van der Waals surface area contributed by atoms with Gasteiger partial charge in [-0.2, -0.15) is 5.10 Å². The Kier molecular flexibility index (Phi) is 3.62. The lowest BCUT2D eigenvalue weighted by Crippen LogP contribution is -2.26. The average molecular weight is 300 g/mol. The lowest BCUT2D eigenvalue weighted by atomic mass is 10.1. The van der Waals surface area contributed by atoms with Gasteiger partial charge >= 0.3 is 0 Å². The molecule has 106 valence electrons. The van der Waals surface area contributed by atoms with Crippen LogP contribution >= 0.6 is 11.6 Å². The topological polar surface area (TPSA) is 49.0 Å². The molecule has 0 atom stereocenters. The summed E-state index contributed by atoms with van der Waals surface area (Å²) < 4.78 is 0. The van der Waals surface area contributed by atoms with Crippen molar-refractivity contribution in [3.05, 3.63) is 64.8 Å². The third-order valence-electron chi connectivity index (χ3n) is 3.36. The van der Waals surface area contributed by atoms with E-state index in [0.717, 1.165) is 16.5 Å². The van der Waals surface area contributed by atoms with Crippen molar-refractivity contribution in [3.63, 3.8) is 0 Å². The number of halogens is 1. The molecule has 3 aromatic rings. The van der Waals surface area contributed by atoms with Gasteiger partial charge in [-0.15, -0.1) is 0 Å². The average Bonchev–Trinajstić information content (AvgIpc) is 2.94. The molecule has 0 aliphatic carbocycles. The Bertz CT molecular complexity index is 797. The number of hydrogen-bond acceptors (Lipinski definition) is 2. The predicted octanol–water partition coefficient (Wildman–Crippen LogP) is 3.49. The molecule has 0 spiro atoms. The predicted molar refractivity (Wildman–Crippen MR) is 83.3 cm³/mol. The monoisotopic (exact) mass is 299 g/mol. The van der Waals surface area contributed by atoms with E-state index in [-0.39, 0.29) is 5.91 Å². The molecule has 0 fully saturated rings. The highest BCUT2D eigenvalue weighted by atomic mass is 35.5. The highest BCUT2D eigenvalue weighted by molar-refractivity contribution is 6.30. The highest BCUT2D eigenvalue weighted by Gasteiger charge is 2.15. The first-order valence-electron chi connectivity index (χ1n) is 6.57. The first kappa shape index (κ1) is 13.6. The Labute approximate surface area is 127 Å². The van der Waals surface area contributed by atoms with Crippen LogP contribution in [0.2, 0.25) is 5.02 Å². The quantitative estimate of drug-likeness (QED) is 0.805. The normalized spacial score (nSPS) is 10.8. The third kappa shape index (κ3) is 2.76. The van der Waals surface area contributed by atoms with Crippen molar-refractivity contribution in [2.45, 2.75) is 6.54 Å². The molecule has 1 aromatic heterocycles. The minimum atomic E-state index is -0.0511. The van der Waals surface area contributed by atoms with Gasteiger partial charge in [-0.05, 0) is 23.8 Å². The van der Waals surface area contributed by atoms with E-state index >= 15 is 0 Å². The van der Waals surface area contributed by atoms with Gasteiger partial charge in [0.15, 0.2) is 0 Å². The van der Waals surface area contributed by atoms with Crippen LogP contribution < -0.4 is 0 Å². The zero-order valence-electron chi connectivity index (χ0n) is 11.5. The number of carbonyl (C=O) groups is 1. The number of H-pyrrole nitrogens is 1. The number of carbonyl (C=O) groups excluding carboxylic acids is 1. The second kappa shape index (κ2) is 5.58. The fourth-order valence-electron chi connectivity index (χ4n) is 2.33. The fourth-order valence-corrected chi connectivity index (χ4v) is 2.55. The van der Waals surface area contributed by atoms with Gasteiger partial charge < -0.3 is 4.90 Å². The lowest BCUT2D eigenvalue weighted by Gasteiger charge is -2.17. The van der Waals surface area contributed by atoms with Crippen LogP contribution in [0.15, 0.2) is 48.7 Å². The molecule has 0 radical (unpaired) electrons. The molecule has 0 saturated carbocycles. The Morgan fingerprint density at radius 1 is 1.29 bits per heavy atom. The van der Waals surface area contributed by atoms with Gasteiger partial charge in [-0.3, -0.25) is 9.89 Å². The van der Waals surface area contributed by atoms with E-state index in [2.05, 4.69) is 10.2 Å². The molecular formula is C16H14ClN3O. The molecule has 0 aliphatic heterocycles. The van der Waals surface area contributed by atoms with Crippen LogP contribution in [0.1, 0.15) is 15.9 Å². The summed E-state index contributed by atoms with van der Waals surface area (Å²) in [6.45, 7) is 0.504. The molecule has 3 rings (SSSR count). The van der Waals surface area contributed by atoms with Crippen molar-refractivity contribution < 1.29 is 4.79 Å². The van der Waals surface area contributed by atoms with E-state index in [4.69, 9.17) is 11.6 Å². The lowest BCUT2D eigenvalue weighted by molar-refractivity contribution is 0.0787. The molecule has 21 heavy (non-hydrogen) atoms. The molecule has 0 unspecified atom stereocenters. The van der Waals surface area contributed by atoms with Crippen molar-refractivity contribution >= 4 is 28.4 Å². The van der Waals surface area contributed by atoms with Crippen molar-refractivity contribution in [2.24, 2.45) is 0 Å². The minimum absolute atomic E-state index is 0.0511. The van der Waals surface area contributed by atoms with E-state index in [1.165, 1.54) is 0 Å². The SMILES string of the molecule is CN(Cc1cccc(Cl)c1)C(=O)c1cccc2cn[nH]c12. The number of rotatable bonds is 3.